The number of nitrogens with one attached hydrogen (secondary N) is 1. The monoisotopic (exact) mass is 299 g/mol. The molecular formula is C15H25NO3S. The van der Waals surface area contributed by atoms with Crippen molar-refractivity contribution in [2.24, 2.45) is 0 Å². The quantitative estimate of drug-likeness (QED) is 0.847. The lowest BCUT2D eigenvalue weighted by Gasteiger charge is -2.39. The van der Waals surface area contributed by atoms with E-state index in [1.165, 1.54) is 0 Å². The second-order valence-electron chi connectivity index (χ2n) is 6.12. The van der Waals surface area contributed by atoms with Gasteiger partial charge in [-0.1, -0.05) is 19.1 Å². The maximum absolute atomic E-state index is 12.3. The predicted molar refractivity (Wildman–Crippen MR) is 82.8 cm³/mol. The molecule has 0 unspecified atom stereocenters. The summed E-state index contributed by atoms with van der Waals surface area (Å²) in [5.41, 5.74) is -1.12. The first-order valence-electron chi connectivity index (χ1n) is 6.83. The number of anilines is 1. The summed E-state index contributed by atoms with van der Waals surface area (Å²) >= 11 is 0. The number of benzene rings is 1. The third-order valence-corrected chi connectivity index (χ3v) is 5.64. The van der Waals surface area contributed by atoms with E-state index < -0.39 is 21.0 Å². The Bertz CT molecular complexity index is 557. The Morgan fingerprint density at radius 1 is 1.15 bits per heavy atom. The van der Waals surface area contributed by atoms with Gasteiger partial charge in [0.1, 0.15) is 0 Å². The summed E-state index contributed by atoms with van der Waals surface area (Å²) in [6.45, 7) is 8.92. The Morgan fingerprint density at radius 3 is 2.20 bits per heavy atom. The molecule has 0 spiro atoms. The van der Waals surface area contributed by atoms with E-state index in [4.69, 9.17) is 0 Å². The highest BCUT2D eigenvalue weighted by atomic mass is 32.2. The van der Waals surface area contributed by atoms with Crippen LogP contribution >= 0.6 is 0 Å². The lowest BCUT2D eigenvalue weighted by molar-refractivity contribution is 0.0239. The van der Waals surface area contributed by atoms with Crippen molar-refractivity contribution in [3.8, 4) is 0 Å². The molecule has 1 aromatic rings. The lowest BCUT2D eigenvalue weighted by atomic mass is 9.86. The normalized spacial score (nSPS) is 13.3. The number of sulfone groups is 1. The fourth-order valence-electron chi connectivity index (χ4n) is 1.71. The molecule has 0 radical (unpaired) electrons. The van der Waals surface area contributed by atoms with Gasteiger partial charge in [-0.25, -0.2) is 8.42 Å². The number of para-hydroxylation sites is 1. The molecule has 0 aliphatic rings. The van der Waals surface area contributed by atoms with Crippen molar-refractivity contribution in [2.75, 3.05) is 11.1 Å². The SMILES string of the molecule is CCCS(=O)(=O)c1ccccc1NC(C)(C)C(C)(C)O. The van der Waals surface area contributed by atoms with Gasteiger partial charge in [0.2, 0.25) is 0 Å². The molecule has 0 saturated heterocycles. The van der Waals surface area contributed by atoms with Crippen LogP contribution in [-0.4, -0.2) is 30.4 Å². The Kier molecular flexibility index (Phi) is 4.87. The average Bonchev–Trinajstić information content (AvgIpc) is 2.27. The summed E-state index contributed by atoms with van der Waals surface area (Å²) in [5.74, 6) is 0.120. The van der Waals surface area contributed by atoms with Crippen molar-refractivity contribution in [1.82, 2.24) is 0 Å². The van der Waals surface area contributed by atoms with Crippen molar-refractivity contribution in [1.29, 1.82) is 0 Å². The minimum atomic E-state index is -3.30. The van der Waals surface area contributed by atoms with E-state index in [-0.39, 0.29) is 5.75 Å². The molecule has 5 heteroatoms. The first-order valence-corrected chi connectivity index (χ1v) is 8.49. The van der Waals surface area contributed by atoms with Crippen molar-refractivity contribution >= 4 is 15.5 Å². The molecular weight excluding hydrogens is 274 g/mol. The molecule has 0 aromatic heterocycles. The van der Waals surface area contributed by atoms with Crippen LogP contribution in [0, 0.1) is 0 Å². The molecule has 4 nitrogen and oxygen atoms in total. The molecule has 1 aromatic carbocycles. The van der Waals surface area contributed by atoms with Crippen LogP contribution in [0.2, 0.25) is 0 Å². The molecule has 0 bridgehead atoms. The summed E-state index contributed by atoms with van der Waals surface area (Å²) in [7, 11) is -3.30. The van der Waals surface area contributed by atoms with Gasteiger partial charge < -0.3 is 10.4 Å². The third-order valence-electron chi connectivity index (χ3n) is 3.67. The topological polar surface area (TPSA) is 66.4 Å². The predicted octanol–water partition coefficient (Wildman–Crippen LogP) is 2.83. The highest BCUT2D eigenvalue weighted by molar-refractivity contribution is 7.91. The Hall–Kier alpha value is -1.07. The van der Waals surface area contributed by atoms with Gasteiger partial charge in [-0.05, 0) is 46.2 Å². The summed E-state index contributed by atoms with van der Waals surface area (Å²) in [5, 5.41) is 13.4. The molecule has 1 rings (SSSR count). The van der Waals surface area contributed by atoms with Gasteiger partial charge in [-0.15, -0.1) is 0 Å². The van der Waals surface area contributed by atoms with E-state index in [0.29, 0.717) is 17.0 Å². The van der Waals surface area contributed by atoms with Crippen LogP contribution in [0.1, 0.15) is 41.0 Å². The summed E-state index contributed by atoms with van der Waals surface area (Å²) in [6.07, 6.45) is 0.575. The van der Waals surface area contributed by atoms with Crippen molar-refractivity contribution in [2.45, 2.75) is 57.1 Å². The minimum absolute atomic E-state index is 0.120. The smallest absolute Gasteiger partial charge is 0.180 e. The molecule has 0 amide bonds. The Balaban J connectivity index is 3.23. The van der Waals surface area contributed by atoms with Gasteiger partial charge in [-0.3, -0.25) is 0 Å². The molecule has 2 N–H and O–H groups in total. The van der Waals surface area contributed by atoms with Gasteiger partial charge >= 0.3 is 0 Å². The van der Waals surface area contributed by atoms with Gasteiger partial charge in [0.25, 0.3) is 0 Å². The van der Waals surface area contributed by atoms with Gasteiger partial charge in [0.15, 0.2) is 9.84 Å². The maximum Gasteiger partial charge on any atom is 0.180 e. The second-order valence-corrected chi connectivity index (χ2v) is 8.20. The fourth-order valence-corrected chi connectivity index (χ4v) is 3.21. The molecule has 0 fully saturated rings. The number of rotatable bonds is 6. The van der Waals surface area contributed by atoms with Crippen molar-refractivity contribution in [3.05, 3.63) is 24.3 Å². The summed E-state index contributed by atoms with van der Waals surface area (Å²) < 4.78 is 24.6. The van der Waals surface area contributed by atoms with E-state index in [1.54, 1.807) is 38.1 Å². The lowest BCUT2D eigenvalue weighted by Crippen LogP contribution is -2.51. The zero-order valence-corrected chi connectivity index (χ0v) is 13.7. The van der Waals surface area contributed by atoms with Crippen LogP contribution in [-0.2, 0) is 9.84 Å². The van der Waals surface area contributed by atoms with Crippen LogP contribution in [0.3, 0.4) is 0 Å². The van der Waals surface area contributed by atoms with Gasteiger partial charge in [-0.2, -0.15) is 0 Å². The standard InChI is InChI=1S/C15H25NO3S/c1-6-11-20(18,19)13-10-8-7-9-12(13)16-14(2,3)15(4,5)17/h7-10,16-17H,6,11H2,1-5H3. The third kappa shape index (κ3) is 3.73. The summed E-state index contributed by atoms with van der Waals surface area (Å²) in [6, 6.07) is 6.84. The van der Waals surface area contributed by atoms with Gasteiger partial charge in [0, 0.05) is 0 Å². The highest BCUT2D eigenvalue weighted by Gasteiger charge is 2.35. The van der Waals surface area contributed by atoms with E-state index in [9.17, 15) is 13.5 Å². The van der Waals surface area contributed by atoms with E-state index in [1.807, 2.05) is 20.8 Å². The van der Waals surface area contributed by atoms with Crippen LogP contribution in [0.4, 0.5) is 5.69 Å². The maximum atomic E-state index is 12.3. The van der Waals surface area contributed by atoms with Crippen molar-refractivity contribution < 1.29 is 13.5 Å². The van der Waals surface area contributed by atoms with E-state index in [0.717, 1.165) is 0 Å². The number of aliphatic hydroxyl groups is 1. The van der Waals surface area contributed by atoms with Crippen molar-refractivity contribution in [3.63, 3.8) is 0 Å². The zero-order valence-electron chi connectivity index (χ0n) is 12.9. The minimum Gasteiger partial charge on any atom is -0.388 e. The molecule has 0 atom stereocenters. The fraction of sp³-hybridized carbons (Fsp3) is 0.600. The van der Waals surface area contributed by atoms with Crippen LogP contribution < -0.4 is 5.32 Å². The molecule has 20 heavy (non-hydrogen) atoms. The average molecular weight is 299 g/mol. The van der Waals surface area contributed by atoms with Crippen LogP contribution in [0.25, 0.3) is 0 Å². The molecule has 0 saturated carbocycles. The highest BCUT2D eigenvalue weighted by Crippen LogP contribution is 2.30. The number of hydrogen-bond acceptors (Lipinski definition) is 4. The summed E-state index contributed by atoms with van der Waals surface area (Å²) in [4.78, 5) is 0.291. The molecule has 114 valence electrons. The molecule has 0 aliphatic heterocycles. The van der Waals surface area contributed by atoms with Crippen LogP contribution in [0.15, 0.2) is 29.2 Å². The first kappa shape index (κ1) is 17.0. The van der Waals surface area contributed by atoms with E-state index in [2.05, 4.69) is 5.32 Å². The zero-order chi connectivity index (χ0) is 15.6. The molecule has 0 heterocycles. The first-order chi connectivity index (χ1) is 9.01. The van der Waals surface area contributed by atoms with Gasteiger partial charge in [0.05, 0.1) is 27.5 Å². The largest absolute Gasteiger partial charge is 0.388 e. The van der Waals surface area contributed by atoms with E-state index >= 15 is 0 Å². The second kappa shape index (κ2) is 5.74. The van der Waals surface area contributed by atoms with Crippen LogP contribution in [0.5, 0.6) is 0 Å². The Labute approximate surface area is 122 Å². The molecule has 0 aliphatic carbocycles. The number of hydrogen-bond donors (Lipinski definition) is 2. The Morgan fingerprint density at radius 2 is 1.70 bits per heavy atom.